The summed E-state index contributed by atoms with van der Waals surface area (Å²) in [6.45, 7) is -1.32. The summed E-state index contributed by atoms with van der Waals surface area (Å²) in [5, 5.41) is 12.7. The predicted octanol–water partition coefficient (Wildman–Crippen LogP) is -0.464. The van der Waals surface area contributed by atoms with Crippen molar-refractivity contribution in [3.63, 3.8) is 0 Å². The average Bonchev–Trinajstić information content (AvgIpc) is 3.15. The van der Waals surface area contributed by atoms with Crippen LogP contribution in [0, 0.1) is 5.92 Å². The number of aliphatic hydroxyl groups is 1. The van der Waals surface area contributed by atoms with Gasteiger partial charge in [0.15, 0.2) is 23.6 Å². The maximum absolute atomic E-state index is 14.4. The summed E-state index contributed by atoms with van der Waals surface area (Å²) in [6.07, 6.45) is -5.18. The highest BCUT2D eigenvalue weighted by Gasteiger charge is 2.46. The van der Waals surface area contributed by atoms with Crippen molar-refractivity contribution in [2.45, 2.75) is 38.5 Å². The van der Waals surface area contributed by atoms with Gasteiger partial charge in [-0.1, -0.05) is 13.8 Å². The molecule has 0 aromatic carbocycles. The Morgan fingerprint density at radius 1 is 1.55 bits per heavy atom. The van der Waals surface area contributed by atoms with E-state index in [4.69, 9.17) is 14.5 Å². The molecule has 2 aromatic heterocycles. The topological polar surface area (TPSA) is 172 Å². The van der Waals surface area contributed by atoms with Gasteiger partial charge in [-0.3, -0.25) is 24.5 Å². The second kappa shape index (κ2) is 8.14. The second-order valence-electron chi connectivity index (χ2n) is 6.67. The first-order valence-corrected chi connectivity index (χ1v) is 11.1. The van der Waals surface area contributed by atoms with E-state index in [1.165, 1.54) is 0 Å². The summed E-state index contributed by atoms with van der Waals surface area (Å²) >= 11 is 4.30. The van der Waals surface area contributed by atoms with Gasteiger partial charge in [0.1, 0.15) is 12.2 Å². The third-order valence-corrected chi connectivity index (χ3v) is 4.97. The lowest BCUT2D eigenvalue weighted by atomic mass is 10.1. The summed E-state index contributed by atoms with van der Waals surface area (Å²) in [5.74, 6) is -0.903. The Kier molecular flexibility index (Phi) is 6.15. The number of fused-ring (bicyclic) bond motifs is 1. The monoisotopic (exact) mass is 451 g/mol. The first kappa shape index (κ1) is 21.9. The van der Waals surface area contributed by atoms with E-state index in [-0.39, 0.29) is 28.9 Å². The number of hydrogen-bond acceptors (Lipinski definition) is 8. The summed E-state index contributed by atoms with van der Waals surface area (Å²) in [7, 11) is 0. The van der Waals surface area contributed by atoms with Gasteiger partial charge in [0, 0.05) is 5.92 Å². The SMILES string of the molecule is CC(C)C(=O)Nc1nc2c(ncn2[C@@H]2O[C@H](COP(O)(O)=S)C(F)C2O)c(=O)[nH]1. The van der Waals surface area contributed by atoms with E-state index in [2.05, 4.69) is 36.6 Å². The van der Waals surface area contributed by atoms with Crippen molar-refractivity contribution in [3.05, 3.63) is 16.7 Å². The number of imidazole rings is 1. The number of amides is 1. The molecule has 1 amide bonds. The van der Waals surface area contributed by atoms with Crippen LogP contribution in [0.3, 0.4) is 0 Å². The van der Waals surface area contributed by atoms with Crippen molar-refractivity contribution >= 4 is 41.5 Å². The van der Waals surface area contributed by atoms with E-state index < -0.39 is 43.5 Å². The van der Waals surface area contributed by atoms with E-state index in [9.17, 15) is 19.1 Å². The molecule has 1 saturated heterocycles. The van der Waals surface area contributed by atoms with E-state index >= 15 is 0 Å². The van der Waals surface area contributed by atoms with Crippen molar-refractivity contribution in [1.29, 1.82) is 0 Å². The number of ether oxygens (including phenoxy) is 1. The smallest absolute Gasteiger partial charge is 0.321 e. The lowest BCUT2D eigenvalue weighted by Crippen LogP contribution is -2.30. The highest BCUT2D eigenvalue weighted by atomic mass is 32.5. The number of aromatic nitrogens is 4. The van der Waals surface area contributed by atoms with Crippen molar-refractivity contribution < 1.29 is 33.3 Å². The lowest BCUT2D eigenvalue weighted by Gasteiger charge is -2.17. The predicted molar refractivity (Wildman–Crippen MR) is 101 cm³/mol. The van der Waals surface area contributed by atoms with E-state index in [1.54, 1.807) is 13.8 Å². The molecule has 3 heterocycles. The molecule has 2 aromatic rings. The Bertz CT molecular complexity index is 1020. The number of nitrogens with one attached hydrogen (secondary N) is 2. The van der Waals surface area contributed by atoms with Crippen LogP contribution in [-0.2, 0) is 25.9 Å². The zero-order valence-electron chi connectivity index (χ0n) is 15.2. The average molecular weight is 451 g/mol. The number of hydrogen-bond donors (Lipinski definition) is 5. The molecule has 12 nitrogen and oxygen atoms in total. The number of rotatable bonds is 6. The number of H-pyrrole nitrogens is 1. The van der Waals surface area contributed by atoms with Gasteiger partial charge >= 0.3 is 6.72 Å². The summed E-state index contributed by atoms with van der Waals surface area (Å²) in [4.78, 5) is 52.7. The Morgan fingerprint density at radius 2 is 2.24 bits per heavy atom. The number of aliphatic hydroxyl groups excluding tert-OH is 1. The van der Waals surface area contributed by atoms with Gasteiger partial charge in [0.2, 0.25) is 11.9 Å². The minimum Gasteiger partial charge on any atom is -0.385 e. The summed E-state index contributed by atoms with van der Waals surface area (Å²) in [5.41, 5.74) is -0.821. The van der Waals surface area contributed by atoms with Gasteiger partial charge in [-0.15, -0.1) is 0 Å². The molecular formula is C14H19FN5O7PS. The molecule has 0 spiro atoms. The molecule has 2 unspecified atom stereocenters. The van der Waals surface area contributed by atoms with Crippen LogP contribution in [0.25, 0.3) is 11.2 Å². The minimum atomic E-state index is -4.03. The van der Waals surface area contributed by atoms with Gasteiger partial charge in [-0.2, -0.15) is 4.98 Å². The standard InChI is InChI=1S/C14H19FN5O7PS/c1-5(2)11(22)18-14-17-10-8(12(23)19-14)16-4-20(10)13-9(21)7(15)6(27-13)3-26-28(24,25)29/h4-7,9,13,21H,3H2,1-2H3,(H2,24,25,29)(H2,17,18,19,22,23)/t6-,7?,9?,13-/m1/s1. The van der Waals surface area contributed by atoms with E-state index in [1.807, 2.05) is 0 Å². The molecule has 4 atom stereocenters. The van der Waals surface area contributed by atoms with Crippen LogP contribution < -0.4 is 10.9 Å². The number of aromatic amines is 1. The fourth-order valence-corrected chi connectivity index (χ4v) is 3.20. The highest BCUT2D eigenvalue weighted by Crippen LogP contribution is 2.39. The van der Waals surface area contributed by atoms with Gasteiger partial charge in [0.05, 0.1) is 12.9 Å². The largest absolute Gasteiger partial charge is 0.385 e. The van der Waals surface area contributed by atoms with Crippen LogP contribution in [0.4, 0.5) is 10.3 Å². The third kappa shape index (κ3) is 4.69. The quantitative estimate of drug-likeness (QED) is 0.362. The molecule has 1 aliphatic rings. The van der Waals surface area contributed by atoms with Crippen molar-refractivity contribution in [2.24, 2.45) is 5.92 Å². The molecule has 0 saturated carbocycles. The number of nitrogens with zero attached hydrogens (tertiary/aromatic N) is 3. The van der Waals surface area contributed by atoms with Crippen molar-refractivity contribution in [3.8, 4) is 0 Å². The Hall–Kier alpha value is -1.80. The van der Waals surface area contributed by atoms with E-state index in [0.29, 0.717) is 0 Å². The highest BCUT2D eigenvalue weighted by molar-refractivity contribution is 8.06. The number of carbonyl (C=O) groups is 1. The van der Waals surface area contributed by atoms with Gasteiger partial charge in [-0.05, 0) is 11.8 Å². The molecule has 29 heavy (non-hydrogen) atoms. The van der Waals surface area contributed by atoms with Gasteiger partial charge < -0.3 is 24.2 Å². The number of anilines is 1. The first-order valence-electron chi connectivity index (χ1n) is 8.43. The van der Waals surface area contributed by atoms with Gasteiger partial charge in [-0.25, -0.2) is 9.37 Å². The normalized spacial score (nSPS) is 25.1. The third-order valence-electron chi connectivity index (χ3n) is 4.17. The molecule has 1 fully saturated rings. The van der Waals surface area contributed by atoms with Crippen LogP contribution in [0.15, 0.2) is 11.1 Å². The first-order chi connectivity index (χ1) is 13.5. The molecule has 5 N–H and O–H groups in total. The van der Waals surface area contributed by atoms with Crippen molar-refractivity contribution in [1.82, 2.24) is 19.5 Å². The van der Waals surface area contributed by atoms with Crippen LogP contribution in [0.5, 0.6) is 0 Å². The number of carbonyl (C=O) groups excluding carboxylic acids is 1. The maximum Gasteiger partial charge on any atom is 0.321 e. The van der Waals surface area contributed by atoms with Crippen LogP contribution in [-0.4, -0.2) is 65.3 Å². The van der Waals surface area contributed by atoms with Crippen LogP contribution in [0.1, 0.15) is 20.1 Å². The fraction of sp³-hybridized carbons (Fsp3) is 0.571. The van der Waals surface area contributed by atoms with Crippen LogP contribution >= 0.6 is 6.72 Å². The molecule has 0 aliphatic carbocycles. The summed E-state index contributed by atoms with van der Waals surface area (Å²) in [6, 6.07) is 0. The number of alkyl halides is 1. The van der Waals surface area contributed by atoms with E-state index in [0.717, 1.165) is 10.9 Å². The summed E-state index contributed by atoms with van der Waals surface area (Å²) < 4.78 is 25.6. The van der Waals surface area contributed by atoms with Crippen molar-refractivity contribution in [2.75, 3.05) is 11.9 Å². The Labute approximate surface area is 167 Å². The zero-order valence-corrected chi connectivity index (χ0v) is 16.9. The molecular weight excluding hydrogens is 432 g/mol. The Morgan fingerprint density at radius 3 is 2.86 bits per heavy atom. The fourth-order valence-electron chi connectivity index (χ4n) is 2.68. The minimum absolute atomic E-state index is 0.0555. The molecule has 3 rings (SSSR count). The molecule has 0 bridgehead atoms. The second-order valence-corrected chi connectivity index (χ2v) is 9.34. The molecule has 160 valence electrons. The molecule has 1 aliphatic heterocycles. The molecule has 0 radical (unpaired) electrons. The zero-order chi connectivity index (χ0) is 21.5. The molecule has 15 heteroatoms. The van der Waals surface area contributed by atoms with Crippen LogP contribution in [0.2, 0.25) is 0 Å². The lowest BCUT2D eigenvalue weighted by molar-refractivity contribution is -0.118. The number of halogens is 1. The Balaban J connectivity index is 1.91. The maximum atomic E-state index is 14.4. The van der Waals surface area contributed by atoms with Gasteiger partial charge in [0.25, 0.3) is 5.56 Å².